The quantitative estimate of drug-likeness (QED) is 0.331. The van der Waals surface area contributed by atoms with Crippen LogP contribution in [-0.2, 0) is 13.1 Å². The maximum absolute atomic E-state index is 4.28. The van der Waals surface area contributed by atoms with Crippen LogP contribution in [0.2, 0.25) is 0 Å². The van der Waals surface area contributed by atoms with Gasteiger partial charge in [0, 0.05) is 24.8 Å². The summed E-state index contributed by atoms with van der Waals surface area (Å²) < 4.78 is 0. The molecular weight excluding hydrogens is 411 g/mol. The van der Waals surface area contributed by atoms with Gasteiger partial charge in [-0.15, -0.1) is 24.0 Å². The second-order valence-corrected chi connectivity index (χ2v) is 5.65. The molecule has 3 aromatic rings. The molecule has 2 aromatic carbocycles. The number of para-hydroxylation sites is 1. The topological polar surface area (TPSA) is 52.2 Å². The number of halogens is 1. The highest BCUT2D eigenvalue weighted by atomic mass is 127. The minimum Gasteiger partial charge on any atom is -0.357 e. The standard InChI is InChI=1S/C19H22N4.HI/c1-14-6-5-7-15(10-14)12-21-19(20-2)22-13-17-11-16-8-3-4-9-18(16)23-17;/h3-11,23H,12-13H2,1-2H3,(H2,20,21,22);1H. The normalized spacial score (nSPS) is 11.2. The number of guanidine groups is 1. The number of hydrogen-bond donors (Lipinski definition) is 3. The first-order valence-electron chi connectivity index (χ1n) is 7.81. The van der Waals surface area contributed by atoms with E-state index in [2.05, 4.69) is 76.1 Å². The van der Waals surface area contributed by atoms with Gasteiger partial charge in [-0.2, -0.15) is 0 Å². The molecule has 1 heterocycles. The fourth-order valence-electron chi connectivity index (χ4n) is 2.64. The number of aromatic amines is 1. The summed E-state index contributed by atoms with van der Waals surface area (Å²) >= 11 is 0. The lowest BCUT2D eigenvalue weighted by Crippen LogP contribution is -2.36. The maximum Gasteiger partial charge on any atom is 0.191 e. The van der Waals surface area contributed by atoms with E-state index in [-0.39, 0.29) is 24.0 Å². The highest BCUT2D eigenvalue weighted by molar-refractivity contribution is 14.0. The van der Waals surface area contributed by atoms with Gasteiger partial charge in [-0.3, -0.25) is 4.99 Å². The number of aromatic nitrogens is 1. The SMILES string of the molecule is CN=C(NCc1cccc(C)c1)NCc1cc2ccccc2[nH]1.I. The number of aryl methyl sites for hydroxylation is 1. The second kappa shape index (κ2) is 8.73. The number of nitrogens with zero attached hydrogens (tertiary/aromatic N) is 1. The Hall–Kier alpha value is -2.02. The van der Waals surface area contributed by atoms with E-state index in [1.807, 2.05) is 6.07 Å². The highest BCUT2D eigenvalue weighted by Gasteiger charge is 2.02. The Morgan fingerprint density at radius 3 is 2.54 bits per heavy atom. The zero-order valence-corrected chi connectivity index (χ0v) is 16.3. The monoisotopic (exact) mass is 434 g/mol. The first-order valence-corrected chi connectivity index (χ1v) is 7.81. The van der Waals surface area contributed by atoms with Gasteiger partial charge >= 0.3 is 0 Å². The Balaban J connectivity index is 0.00000208. The van der Waals surface area contributed by atoms with Crippen LogP contribution in [0.15, 0.2) is 59.6 Å². The molecule has 0 aliphatic carbocycles. The van der Waals surface area contributed by atoms with Crippen LogP contribution < -0.4 is 10.6 Å². The summed E-state index contributed by atoms with van der Waals surface area (Å²) in [6.45, 7) is 3.57. The first kappa shape index (κ1) is 18.3. The average molecular weight is 434 g/mol. The summed E-state index contributed by atoms with van der Waals surface area (Å²) in [6, 6.07) is 18.9. The number of fused-ring (bicyclic) bond motifs is 1. The highest BCUT2D eigenvalue weighted by Crippen LogP contribution is 2.14. The van der Waals surface area contributed by atoms with Crippen molar-refractivity contribution in [2.45, 2.75) is 20.0 Å². The third-order valence-electron chi connectivity index (χ3n) is 3.80. The Kier molecular flexibility index (Phi) is 6.66. The number of hydrogen-bond acceptors (Lipinski definition) is 1. The van der Waals surface area contributed by atoms with Crippen LogP contribution in [-0.4, -0.2) is 18.0 Å². The van der Waals surface area contributed by atoms with E-state index in [0.29, 0.717) is 6.54 Å². The molecule has 5 heteroatoms. The van der Waals surface area contributed by atoms with Gasteiger partial charge in [0.2, 0.25) is 0 Å². The predicted octanol–water partition coefficient (Wildman–Crippen LogP) is 3.96. The molecule has 0 unspecified atom stereocenters. The summed E-state index contributed by atoms with van der Waals surface area (Å²) in [6.07, 6.45) is 0. The average Bonchev–Trinajstić information content (AvgIpc) is 2.98. The van der Waals surface area contributed by atoms with Crippen LogP contribution in [0, 0.1) is 6.92 Å². The van der Waals surface area contributed by atoms with Gasteiger partial charge in [0.15, 0.2) is 5.96 Å². The number of aliphatic imine (C=N–C) groups is 1. The molecule has 1 aromatic heterocycles. The van der Waals surface area contributed by atoms with E-state index in [0.717, 1.165) is 23.7 Å². The van der Waals surface area contributed by atoms with Crippen molar-refractivity contribution >= 4 is 40.8 Å². The van der Waals surface area contributed by atoms with Crippen molar-refractivity contribution in [1.29, 1.82) is 0 Å². The van der Waals surface area contributed by atoms with Crippen LogP contribution in [0.4, 0.5) is 0 Å². The van der Waals surface area contributed by atoms with Crippen molar-refractivity contribution < 1.29 is 0 Å². The lowest BCUT2D eigenvalue weighted by Gasteiger charge is -2.11. The van der Waals surface area contributed by atoms with Crippen LogP contribution >= 0.6 is 24.0 Å². The zero-order valence-electron chi connectivity index (χ0n) is 14.0. The molecular formula is C19H23IN4. The van der Waals surface area contributed by atoms with E-state index >= 15 is 0 Å². The van der Waals surface area contributed by atoms with Gasteiger partial charge in [-0.25, -0.2) is 0 Å². The van der Waals surface area contributed by atoms with Gasteiger partial charge in [0.25, 0.3) is 0 Å². The van der Waals surface area contributed by atoms with E-state index in [4.69, 9.17) is 0 Å². The Morgan fingerprint density at radius 1 is 1.00 bits per heavy atom. The van der Waals surface area contributed by atoms with Crippen molar-refractivity contribution in [3.8, 4) is 0 Å². The molecule has 24 heavy (non-hydrogen) atoms. The number of rotatable bonds is 4. The van der Waals surface area contributed by atoms with Crippen molar-refractivity contribution in [1.82, 2.24) is 15.6 Å². The fraction of sp³-hybridized carbons (Fsp3) is 0.211. The molecule has 0 atom stereocenters. The third-order valence-corrected chi connectivity index (χ3v) is 3.80. The molecule has 3 N–H and O–H groups in total. The number of H-pyrrole nitrogens is 1. The molecule has 0 spiro atoms. The van der Waals surface area contributed by atoms with E-state index in [1.165, 1.54) is 16.5 Å². The van der Waals surface area contributed by atoms with Gasteiger partial charge in [-0.1, -0.05) is 48.0 Å². The second-order valence-electron chi connectivity index (χ2n) is 5.65. The van der Waals surface area contributed by atoms with E-state index in [9.17, 15) is 0 Å². The first-order chi connectivity index (χ1) is 11.2. The smallest absolute Gasteiger partial charge is 0.191 e. The lowest BCUT2D eigenvalue weighted by molar-refractivity contribution is 0.799. The Labute approximate surface area is 159 Å². The van der Waals surface area contributed by atoms with Gasteiger partial charge in [0.1, 0.15) is 0 Å². The van der Waals surface area contributed by atoms with Crippen molar-refractivity contribution in [2.24, 2.45) is 4.99 Å². The molecule has 0 bridgehead atoms. The molecule has 0 saturated heterocycles. The third kappa shape index (κ3) is 4.74. The predicted molar refractivity (Wildman–Crippen MR) is 112 cm³/mol. The summed E-state index contributed by atoms with van der Waals surface area (Å²) in [4.78, 5) is 7.69. The van der Waals surface area contributed by atoms with Gasteiger partial charge in [0.05, 0.1) is 6.54 Å². The maximum atomic E-state index is 4.28. The van der Waals surface area contributed by atoms with Crippen LogP contribution in [0.5, 0.6) is 0 Å². The van der Waals surface area contributed by atoms with Gasteiger partial charge in [-0.05, 0) is 30.0 Å². The van der Waals surface area contributed by atoms with E-state index in [1.54, 1.807) is 7.05 Å². The number of benzene rings is 2. The van der Waals surface area contributed by atoms with Crippen molar-refractivity contribution in [2.75, 3.05) is 7.05 Å². The molecule has 126 valence electrons. The molecule has 0 fully saturated rings. The Bertz CT molecular complexity index is 790. The van der Waals surface area contributed by atoms with Crippen LogP contribution in [0.3, 0.4) is 0 Å². The lowest BCUT2D eigenvalue weighted by atomic mass is 10.1. The zero-order chi connectivity index (χ0) is 16.1. The Morgan fingerprint density at radius 2 is 1.79 bits per heavy atom. The van der Waals surface area contributed by atoms with Gasteiger partial charge < -0.3 is 15.6 Å². The molecule has 4 nitrogen and oxygen atoms in total. The minimum atomic E-state index is 0. The summed E-state index contributed by atoms with van der Waals surface area (Å²) in [5, 5.41) is 7.91. The summed E-state index contributed by atoms with van der Waals surface area (Å²) in [5.74, 6) is 0.796. The van der Waals surface area contributed by atoms with Crippen molar-refractivity contribution in [3.63, 3.8) is 0 Å². The fourth-order valence-corrected chi connectivity index (χ4v) is 2.64. The molecule has 3 rings (SSSR count). The summed E-state index contributed by atoms with van der Waals surface area (Å²) in [5.41, 5.74) is 4.82. The molecule has 0 amide bonds. The summed E-state index contributed by atoms with van der Waals surface area (Å²) in [7, 11) is 1.79. The molecule has 0 aliphatic heterocycles. The van der Waals surface area contributed by atoms with Crippen LogP contribution in [0.1, 0.15) is 16.8 Å². The van der Waals surface area contributed by atoms with E-state index < -0.39 is 0 Å². The molecule has 0 saturated carbocycles. The molecule has 0 radical (unpaired) electrons. The largest absolute Gasteiger partial charge is 0.357 e. The number of nitrogens with one attached hydrogen (secondary N) is 3. The van der Waals surface area contributed by atoms with Crippen molar-refractivity contribution in [3.05, 3.63) is 71.4 Å². The van der Waals surface area contributed by atoms with Crippen LogP contribution in [0.25, 0.3) is 10.9 Å². The minimum absolute atomic E-state index is 0. The molecule has 0 aliphatic rings.